The average Bonchev–Trinajstić information content (AvgIpc) is 2.63. The van der Waals surface area contributed by atoms with Crippen LogP contribution < -0.4 is 16.4 Å². The second-order valence-corrected chi connectivity index (χ2v) is 6.27. The third-order valence-corrected chi connectivity index (χ3v) is 4.60. The molecule has 1 aromatic heterocycles. The number of esters is 1. The first kappa shape index (κ1) is 20.0. The van der Waals surface area contributed by atoms with E-state index >= 15 is 0 Å². The van der Waals surface area contributed by atoms with E-state index in [1.165, 1.54) is 17.7 Å². The molecule has 2 aromatic rings. The number of aryl methyl sites for hydroxylation is 1. The highest BCUT2D eigenvalue weighted by molar-refractivity contribution is 7.97. The van der Waals surface area contributed by atoms with Gasteiger partial charge in [0.25, 0.3) is 5.56 Å². The Bertz CT molecular complexity index is 920. The van der Waals surface area contributed by atoms with Crippen LogP contribution in [0.2, 0.25) is 0 Å². The maximum atomic E-state index is 12.5. The molecule has 8 nitrogen and oxygen atoms in total. The number of aromatic nitrogens is 2. The Balaban J connectivity index is 2.33. The van der Waals surface area contributed by atoms with E-state index < -0.39 is 17.2 Å². The fourth-order valence-electron chi connectivity index (χ4n) is 2.38. The van der Waals surface area contributed by atoms with Crippen LogP contribution in [0.4, 0.5) is 0 Å². The zero-order valence-electron chi connectivity index (χ0n) is 14.9. The SMILES string of the molecule is COC(=O)COCCc1cc(-n2c(=O)cc(C)n(C)c2=O)ccc1SN. The van der Waals surface area contributed by atoms with Gasteiger partial charge in [-0.1, -0.05) is 0 Å². The molecule has 0 saturated heterocycles. The highest BCUT2D eigenvalue weighted by atomic mass is 32.2. The van der Waals surface area contributed by atoms with Crippen molar-refractivity contribution in [2.75, 3.05) is 20.3 Å². The zero-order valence-corrected chi connectivity index (χ0v) is 15.7. The minimum atomic E-state index is -0.457. The maximum Gasteiger partial charge on any atom is 0.335 e. The van der Waals surface area contributed by atoms with Gasteiger partial charge in [0.15, 0.2) is 0 Å². The summed E-state index contributed by atoms with van der Waals surface area (Å²) in [4.78, 5) is 36.6. The number of carbonyl (C=O) groups excluding carboxylic acids is 1. The number of ether oxygens (including phenoxy) is 2. The van der Waals surface area contributed by atoms with E-state index in [0.29, 0.717) is 17.8 Å². The molecule has 0 fully saturated rings. The summed E-state index contributed by atoms with van der Waals surface area (Å²) in [6.07, 6.45) is 0.464. The molecule has 2 rings (SSSR count). The largest absolute Gasteiger partial charge is 0.467 e. The minimum absolute atomic E-state index is 0.140. The average molecular weight is 379 g/mol. The normalized spacial score (nSPS) is 10.8. The molecule has 2 N–H and O–H groups in total. The zero-order chi connectivity index (χ0) is 19.3. The van der Waals surface area contributed by atoms with Crippen molar-refractivity contribution < 1.29 is 14.3 Å². The van der Waals surface area contributed by atoms with Gasteiger partial charge in [0.2, 0.25) is 0 Å². The molecule has 1 aromatic carbocycles. The summed E-state index contributed by atoms with van der Waals surface area (Å²) < 4.78 is 12.3. The quantitative estimate of drug-likeness (QED) is 0.425. The Morgan fingerprint density at radius 1 is 1.27 bits per heavy atom. The molecule has 1 heterocycles. The summed E-state index contributed by atoms with van der Waals surface area (Å²) >= 11 is 1.06. The van der Waals surface area contributed by atoms with Crippen molar-refractivity contribution in [2.45, 2.75) is 18.2 Å². The van der Waals surface area contributed by atoms with Crippen LogP contribution >= 0.6 is 11.9 Å². The van der Waals surface area contributed by atoms with Crippen molar-refractivity contribution in [3.63, 3.8) is 0 Å². The monoisotopic (exact) mass is 379 g/mol. The van der Waals surface area contributed by atoms with Gasteiger partial charge in [0.05, 0.1) is 19.4 Å². The molecule has 9 heteroatoms. The van der Waals surface area contributed by atoms with Gasteiger partial charge in [-0.25, -0.2) is 14.2 Å². The second-order valence-electron chi connectivity index (χ2n) is 5.59. The lowest BCUT2D eigenvalue weighted by atomic mass is 10.1. The number of benzene rings is 1. The van der Waals surface area contributed by atoms with Gasteiger partial charge in [-0.2, -0.15) is 0 Å². The topological polar surface area (TPSA) is 106 Å². The van der Waals surface area contributed by atoms with Crippen LogP contribution in [-0.4, -0.2) is 35.4 Å². The molecular weight excluding hydrogens is 358 g/mol. The Morgan fingerprint density at radius 3 is 2.65 bits per heavy atom. The van der Waals surface area contributed by atoms with Crippen LogP contribution in [0, 0.1) is 6.92 Å². The summed E-state index contributed by atoms with van der Waals surface area (Å²) in [5, 5.41) is 5.68. The third-order valence-electron chi connectivity index (χ3n) is 3.95. The molecule has 0 unspecified atom stereocenters. The van der Waals surface area contributed by atoms with E-state index in [9.17, 15) is 14.4 Å². The van der Waals surface area contributed by atoms with E-state index in [1.807, 2.05) is 0 Å². The van der Waals surface area contributed by atoms with Crippen LogP contribution in [0.1, 0.15) is 11.3 Å². The van der Waals surface area contributed by atoms with Gasteiger partial charge >= 0.3 is 11.7 Å². The number of rotatable bonds is 7. The van der Waals surface area contributed by atoms with Crippen LogP contribution in [0.3, 0.4) is 0 Å². The number of hydrogen-bond acceptors (Lipinski definition) is 7. The van der Waals surface area contributed by atoms with Crippen LogP contribution in [-0.2, 0) is 27.7 Å². The molecule has 26 heavy (non-hydrogen) atoms. The third kappa shape index (κ3) is 4.43. The van der Waals surface area contributed by atoms with Crippen molar-refractivity contribution in [1.29, 1.82) is 0 Å². The number of nitrogens with two attached hydrogens (primary N) is 1. The van der Waals surface area contributed by atoms with E-state index in [2.05, 4.69) is 4.74 Å². The molecule has 0 bridgehead atoms. The Labute approximate surface area is 154 Å². The molecule has 0 radical (unpaired) electrons. The molecular formula is C17H21N3O5S. The molecule has 0 aliphatic heterocycles. The molecule has 0 aliphatic rings. The van der Waals surface area contributed by atoms with Gasteiger partial charge in [0.1, 0.15) is 6.61 Å². The molecule has 140 valence electrons. The lowest BCUT2D eigenvalue weighted by Gasteiger charge is -2.13. The van der Waals surface area contributed by atoms with Crippen molar-refractivity contribution in [1.82, 2.24) is 9.13 Å². The fraction of sp³-hybridized carbons (Fsp3) is 0.353. The van der Waals surface area contributed by atoms with Gasteiger partial charge in [0, 0.05) is 23.7 Å². The van der Waals surface area contributed by atoms with Gasteiger partial charge in [-0.15, -0.1) is 0 Å². The van der Waals surface area contributed by atoms with Crippen molar-refractivity contribution in [3.05, 3.63) is 56.4 Å². The minimum Gasteiger partial charge on any atom is -0.467 e. The first-order chi connectivity index (χ1) is 12.4. The van der Waals surface area contributed by atoms with E-state index in [1.54, 1.807) is 32.2 Å². The van der Waals surface area contributed by atoms with Crippen LogP contribution in [0.25, 0.3) is 5.69 Å². The number of hydrogen-bond donors (Lipinski definition) is 1. The van der Waals surface area contributed by atoms with E-state index in [-0.39, 0.29) is 13.2 Å². The Morgan fingerprint density at radius 2 is 2.00 bits per heavy atom. The molecule has 0 atom stereocenters. The summed E-state index contributed by atoms with van der Waals surface area (Å²) in [5.41, 5.74) is 1.04. The lowest BCUT2D eigenvalue weighted by Crippen LogP contribution is -2.38. The van der Waals surface area contributed by atoms with Crippen molar-refractivity contribution in [3.8, 4) is 5.69 Å². The highest BCUT2D eigenvalue weighted by Crippen LogP contribution is 2.21. The fourth-order valence-corrected chi connectivity index (χ4v) is 2.84. The Hall–Kier alpha value is -2.36. The predicted molar refractivity (Wildman–Crippen MR) is 98.6 cm³/mol. The summed E-state index contributed by atoms with van der Waals surface area (Å²) in [6.45, 7) is 1.83. The van der Waals surface area contributed by atoms with Crippen LogP contribution in [0.15, 0.2) is 38.8 Å². The summed E-state index contributed by atoms with van der Waals surface area (Å²) in [7, 11) is 2.90. The molecule has 0 aliphatic carbocycles. The predicted octanol–water partition coefficient (Wildman–Crippen LogP) is 0.543. The first-order valence-electron chi connectivity index (χ1n) is 7.83. The molecule has 0 amide bonds. The number of methoxy groups -OCH3 is 1. The van der Waals surface area contributed by atoms with Gasteiger partial charge in [-0.05, 0) is 49.1 Å². The smallest absolute Gasteiger partial charge is 0.335 e. The van der Waals surface area contributed by atoms with Crippen LogP contribution in [0.5, 0.6) is 0 Å². The lowest BCUT2D eigenvalue weighted by molar-refractivity contribution is -0.145. The number of carbonyl (C=O) groups is 1. The molecule has 0 spiro atoms. The summed E-state index contributed by atoms with van der Waals surface area (Å²) in [5.74, 6) is -0.457. The maximum absolute atomic E-state index is 12.5. The van der Waals surface area contributed by atoms with Gasteiger partial charge < -0.3 is 14.0 Å². The number of nitrogens with zero attached hydrogens (tertiary/aromatic N) is 2. The summed E-state index contributed by atoms with van der Waals surface area (Å²) in [6, 6.07) is 6.56. The second kappa shape index (κ2) is 8.84. The Kier molecular flexibility index (Phi) is 6.78. The molecule has 0 saturated carbocycles. The van der Waals surface area contributed by atoms with E-state index in [0.717, 1.165) is 27.0 Å². The first-order valence-corrected chi connectivity index (χ1v) is 8.71. The van der Waals surface area contributed by atoms with E-state index in [4.69, 9.17) is 9.88 Å². The van der Waals surface area contributed by atoms with Crippen molar-refractivity contribution >= 4 is 17.9 Å². The highest BCUT2D eigenvalue weighted by Gasteiger charge is 2.11. The van der Waals surface area contributed by atoms with Gasteiger partial charge in [-0.3, -0.25) is 9.93 Å². The van der Waals surface area contributed by atoms with Crippen molar-refractivity contribution in [2.24, 2.45) is 12.2 Å². The standard InChI is InChI=1S/C17H21N3O5S/c1-11-8-15(21)20(17(23)19(11)2)13-4-5-14(26-18)12(9-13)6-7-25-10-16(22)24-3/h4-5,8-9H,6-7,10,18H2,1-3H3.